The van der Waals surface area contributed by atoms with E-state index >= 15 is 0 Å². The highest BCUT2D eigenvalue weighted by molar-refractivity contribution is 5.79. The van der Waals surface area contributed by atoms with E-state index in [1.807, 2.05) is 0 Å². The van der Waals surface area contributed by atoms with Gasteiger partial charge in [0.2, 0.25) is 0 Å². The molecule has 0 aliphatic heterocycles. The van der Waals surface area contributed by atoms with Gasteiger partial charge in [-0.15, -0.1) is 13.2 Å². The van der Waals surface area contributed by atoms with Crippen LogP contribution in [0.5, 0.6) is 5.75 Å². The van der Waals surface area contributed by atoms with Crippen molar-refractivity contribution in [3.63, 3.8) is 0 Å². The number of hydrogen-bond donors (Lipinski definition) is 0. The molecule has 0 N–H and O–H groups in total. The number of hydrogen-bond acceptors (Lipinski definition) is 3. The van der Waals surface area contributed by atoms with E-state index in [1.165, 1.54) is 42.6 Å². The van der Waals surface area contributed by atoms with E-state index in [-0.39, 0.29) is 17.9 Å². The van der Waals surface area contributed by atoms with Gasteiger partial charge in [-0.3, -0.25) is 0 Å². The normalized spacial score (nSPS) is 11.6. The van der Waals surface area contributed by atoms with E-state index in [2.05, 4.69) is 9.89 Å². The molecular weight excluding hydrogens is 302 g/mol. The summed E-state index contributed by atoms with van der Waals surface area (Å²) in [5.41, 5.74) is 0.872. The number of oxime groups is 1. The van der Waals surface area contributed by atoms with Crippen molar-refractivity contribution >= 4 is 6.21 Å². The first-order valence-corrected chi connectivity index (χ1v) is 6.18. The van der Waals surface area contributed by atoms with E-state index in [4.69, 9.17) is 4.84 Å². The third-order valence-corrected chi connectivity index (χ3v) is 2.56. The minimum Gasteiger partial charge on any atom is -0.406 e. The lowest BCUT2D eigenvalue weighted by Gasteiger charge is -2.08. The molecule has 2 rings (SSSR count). The molecule has 0 unspecified atom stereocenters. The highest BCUT2D eigenvalue weighted by Crippen LogP contribution is 2.22. The molecular formula is C15H11F4NO2. The van der Waals surface area contributed by atoms with Crippen LogP contribution in [0.3, 0.4) is 0 Å². The molecule has 2 aromatic rings. The highest BCUT2D eigenvalue weighted by Gasteiger charge is 2.30. The number of alkyl halides is 3. The first-order valence-electron chi connectivity index (χ1n) is 6.18. The zero-order valence-corrected chi connectivity index (χ0v) is 11.2. The predicted molar refractivity (Wildman–Crippen MR) is 71.9 cm³/mol. The monoisotopic (exact) mass is 313 g/mol. The van der Waals surface area contributed by atoms with Gasteiger partial charge in [-0.25, -0.2) is 4.39 Å². The Labute approximate surface area is 123 Å². The van der Waals surface area contributed by atoms with Crippen molar-refractivity contribution < 1.29 is 27.1 Å². The lowest BCUT2D eigenvalue weighted by molar-refractivity contribution is -0.274. The number of ether oxygens (including phenoxy) is 1. The summed E-state index contributed by atoms with van der Waals surface area (Å²) in [6.07, 6.45) is -3.50. The Hall–Kier alpha value is -2.57. The number of rotatable bonds is 5. The highest BCUT2D eigenvalue weighted by atomic mass is 19.4. The molecule has 3 nitrogen and oxygen atoms in total. The minimum absolute atomic E-state index is 0.0389. The van der Waals surface area contributed by atoms with Gasteiger partial charge < -0.3 is 9.57 Å². The zero-order valence-electron chi connectivity index (χ0n) is 11.2. The summed E-state index contributed by atoms with van der Waals surface area (Å²) in [5, 5.41) is 3.60. The first-order chi connectivity index (χ1) is 10.4. The van der Waals surface area contributed by atoms with Gasteiger partial charge in [-0.2, -0.15) is 0 Å². The SMILES string of the molecule is Fc1ccccc1C=NOCc1ccc(OC(F)(F)F)cc1. The van der Waals surface area contributed by atoms with E-state index in [0.29, 0.717) is 5.56 Å². The molecule has 0 aliphatic carbocycles. The average molecular weight is 313 g/mol. The van der Waals surface area contributed by atoms with Crippen LogP contribution in [-0.2, 0) is 11.4 Å². The van der Waals surface area contributed by atoms with Gasteiger partial charge in [-0.05, 0) is 23.8 Å². The third-order valence-electron chi connectivity index (χ3n) is 2.56. The maximum atomic E-state index is 13.3. The van der Waals surface area contributed by atoms with Crippen LogP contribution in [0.25, 0.3) is 0 Å². The number of benzene rings is 2. The van der Waals surface area contributed by atoms with Crippen LogP contribution in [0.4, 0.5) is 17.6 Å². The molecule has 7 heteroatoms. The fourth-order valence-electron chi connectivity index (χ4n) is 1.57. The van der Waals surface area contributed by atoms with Crippen LogP contribution in [0.2, 0.25) is 0 Å². The summed E-state index contributed by atoms with van der Waals surface area (Å²) in [5.74, 6) is -0.741. The zero-order chi connectivity index (χ0) is 16.0. The van der Waals surface area contributed by atoms with Crippen molar-refractivity contribution in [3.8, 4) is 5.75 Å². The number of halogens is 4. The van der Waals surface area contributed by atoms with Crippen molar-refractivity contribution in [2.75, 3.05) is 0 Å². The second-order valence-corrected chi connectivity index (χ2v) is 4.22. The fourth-order valence-corrected chi connectivity index (χ4v) is 1.57. The Morgan fingerprint density at radius 2 is 1.68 bits per heavy atom. The Balaban J connectivity index is 1.86. The average Bonchev–Trinajstić information content (AvgIpc) is 2.45. The second kappa shape index (κ2) is 6.93. The summed E-state index contributed by atoms with van der Waals surface area (Å²) >= 11 is 0. The summed E-state index contributed by atoms with van der Waals surface area (Å²) < 4.78 is 53.0. The maximum absolute atomic E-state index is 13.3. The summed E-state index contributed by atoms with van der Waals surface area (Å²) in [6.45, 7) is 0.0389. The van der Waals surface area contributed by atoms with Crippen LogP contribution in [0.15, 0.2) is 53.7 Å². The van der Waals surface area contributed by atoms with Gasteiger partial charge in [-0.1, -0.05) is 35.5 Å². The predicted octanol–water partition coefficient (Wildman–Crippen LogP) is 4.28. The molecule has 0 atom stereocenters. The van der Waals surface area contributed by atoms with Crippen LogP contribution >= 0.6 is 0 Å². The molecule has 0 radical (unpaired) electrons. The molecule has 22 heavy (non-hydrogen) atoms. The van der Waals surface area contributed by atoms with Crippen molar-refractivity contribution in [2.45, 2.75) is 13.0 Å². The molecule has 0 fully saturated rings. The smallest absolute Gasteiger partial charge is 0.406 e. The molecule has 0 amide bonds. The van der Waals surface area contributed by atoms with Gasteiger partial charge in [0.25, 0.3) is 0 Å². The van der Waals surface area contributed by atoms with Gasteiger partial charge >= 0.3 is 6.36 Å². The second-order valence-electron chi connectivity index (χ2n) is 4.22. The molecule has 0 heterocycles. The van der Waals surface area contributed by atoms with Crippen LogP contribution in [0.1, 0.15) is 11.1 Å². The van der Waals surface area contributed by atoms with Crippen molar-refractivity contribution in [1.29, 1.82) is 0 Å². The van der Waals surface area contributed by atoms with Crippen molar-refractivity contribution in [3.05, 3.63) is 65.5 Å². The standard InChI is InChI=1S/C15H11F4NO2/c16-14-4-2-1-3-12(14)9-20-21-10-11-5-7-13(8-6-11)22-15(17,18)19/h1-9H,10H2. The van der Waals surface area contributed by atoms with Crippen LogP contribution < -0.4 is 4.74 Å². The maximum Gasteiger partial charge on any atom is 0.573 e. The van der Waals surface area contributed by atoms with Crippen molar-refractivity contribution in [1.82, 2.24) is 0 Å². The molecule has 0 spiro atoms. The first kappa shape index (κ1) is 15.8. The van der Waals surface area contributed by atoms with E-state index in [1.54, 1.807) is 12.1 Å². The summed E-state index contributed by atoms with van der Waals surface area (Å²) in [7, 11) is 0. The lowest BCUT2D eigenvalue weighted by atomic mass is 10.2. The molecule has 0 aromatic heterocycles. The topological polar surface area (TPSA) is 30.8 Å². The Bertz CT molecular complexity index is 639. The minimum atomic E-state index is -4.72. The third kappa shape index (κ3) is 5.08. The summed E-state index contributed by atoms with van der Waals surface area (Å²) in [4.78, 5) is 4.96. The molecule has 0 saturated heterocycles. The molecule has 0 aliphatic rings. The van der Waals surface area contributed by atoms with Gasteiger partial charge in [0.05, 0.1) is 6.21 Å². The molecule has 0 bridgehead atoms. The van der Waals surface area contributed by atoms with E-state index in [9.17, 15) is 17.6 Å². The van der Waals surface area contributed by atoms with Gasteiger partial charge in [0.1, 0.15) is 18.2 Å². The van der Waals surface area contributed by atoms with Crippen LogP contribution in [-0.4, -0.2) is 12.6 Å². The largest absolute Gasteiger partial charge is 0.573 e. The molecule has 0 saturated carbocycles. The Morgan fingerprint density at radius 3 is 2.32 bits per heavy atom. The Morgan fingerprint density at radius 1 is 1.00 bits per heavy atom. The summed E-state index contributed by atoms with van der Waals surface area (Å²) in [6, 6.07) is 11.2. The molecule has 116 valence electrons. The van der Waals surface area contributed by atoms with Crippen LogP contribution in [0, 0.1) is 5.82 Å². The lowest BCUT2D eigenvalue weighted by Crippen LogP contribution is -2.17. The fraction of sp³-hybridized carbons (Fsp3) is 0.133. The van der Waals surface area contributed by atoms with Gasteiger partial charge in [0, 0.05) is 5.56 Å². The van der Waals surface area contributed by atoms with Crippen molar-refractivity contribution in [2.24, 2.45) is 5.16 Å². The van der Waals surface area contributed by atoms with E-state index in [0.717, 1.165) is 0 Å². The number of nitrogens with zero attached hydrogens (tertiary/aromatic N) is 1. The molecule has 2 aromatic carbocycles. The Kier molecular flexibility index (Phi) is 4.98. The van der Waals surface area contributed by atoms with Gasteiger partial charge in [0.15, 0.2) is 0 Å². The van der Waals surface area contributed by atoms with E-state index < -0.39 is 12.2 Å². The quantitative estimate of drug-likeness (QED) is 0.469.